The van der Waals surface area contributed by atoms with Gasteiger partial charge in [0, 0.05) is 15.1 Å². The van der Waals surface area contributed by atoms with Gasteiger partial charge in [-0.1, -0.05) is 13.0 Å². The highest BCUT2D eigenvalue weighted by Crippen LogP contribution is 2.30. The summed E-state index contributed by atoms with van der Waals surface area (Å²) >= 11 is 6.89. The topological polar surface area (TPSA) is 34.1 Å². The lowest BCUT2D eigenvalue weighted by molar-refractivity contribution is 0.385. The quantitative estimate of drug-likeness (QED) is 0.780. The van der Waals surface area contributed by atoms with Crippen molar-refractivity contribution < 1.29 is 9.13 Å². The van der Waals surface area contributed by atoms with Gasteiger partial charge in [-0.2, -0.15) is 0 Å². The summed E-state index contributed by atoms with van der Waals surface area (Å²) in [5, 5.41) is 3.32. The van der Waals surface area contributed by atoms with E-state index >= 15 is 0 Å². The Morgan fingerprint density at radius 1 is 1.33 bits per heavy atom. The molecule has 3 nitrogen and oxygen atoms in total. The third-order valence-electron chi connectivity index (χ3n) is 3.03. The fourth-order valence-electron chi connectivity index (χ4n) is 2.08. The van der Waals surface area contributed by atoms with E-state index < -0.39 is 0 Å². The van der Waals surface area contributed by atoms with Gasteiger partial charge in [-0.15, -0.1) is 0 Å². The van der Waals surface area contributed by atoms with Crippen molar-refractivity contribution in [3.05, 3.63) is 56.5 Å². The molecule has 1 aromatic carbocycles. The Morgan fingerprint density at radius 2 is 2.10 bits per heavy atom. The van der Waals surface area contributed by atoms with Crippen molar-refractivity contribution in [2.24, 2.45) is 0 Å². The van der Waals surface area contributed by atoms with E-state index in [1.165, 1.54) is 13.2 Å². The number of hydrogen-bond acceptors (Lipinski definition) is 3. The summed E-state index contributed by atoms with van der Waals surface area (Å²) in [6, 6.07) is 6.67. The maximum absolute atomic E-state index is 13.9. The third kappa shape index (κ3) is 3.81. The maximum atomic E-state index is 13.9. The predicted octanol–water partition coefficient (Wildman–Crippen LogP) is 4.45. The molecule has 1 unspecified atom stereocenters. The van der Waals surface area contributed by atoms with Gasteiger partial charge in [0.05, 0.1) is 18.8 Å². The van der Waals surface area contributed by atoms with Gasteiger partial charge in [-0.25, -0.2) is 4.39 Å². The van der Waals surface area contributed by atoms with Crippen molar-refractivity contribution in [1.29, 1.82) is 0 Å². The average molecular weight is 418 g/mol. The summed E-state index contributed by atoms with van der Waals surface area (Å²) in [6.07, 6.45) is 1.73. The van der Waals surface area contributed by atoms with Gasteiger partial charge in [0.15, 0.2) is 11.6 Å². The largest absolute Gasteiger partial charge is 0.494 e. The highest BCUT2D eigenvalue weighted by Gasteiger charge is 2.19. The molecular formula is C15H15Br2FN2O. The molecule has 0 radical (unpaired) electrons. The van der Waals surface area contributed by atoms with Crippen LogP contribution in [0.15, 0.2) is 39.4 Å². The molecule has 21 heavy (non-hydrogen) atoms. The van der Waals surface area contributed by atoms with Crippen LogP contribution in [0.2, 0.25) is 0 Å². The van der Waals surface area contributed by atoms with Crippen molar-refractivity contribution in [3.8, 4) is 5.75 Å². The molecule has 6 heteroatoms. The third-order valence-corrected chi connectivity index (χ3v) is 4.10. The van der Waals surface area contributed by atoms with E-state index in [4.69, 9.17) is 4.74 Å². The van der Waals surface area contributed by atoms with Gasteiger partial charge in [-0.3, -0.25) is 4.98 Å². The van der Waals surface area contributed by atoms with Gasteiger partial charge in [-0.05, 0) is 62.2 Å². The van der Waals surface area contributed by atoms with E-state index in [2.05, 4.69) is 42.2 Å². The Morgan fingerprint density at radius 3 is 2.67 bits per heavy atom. The van der Waals surface area contributed by atoms with Crippen molar-refractivity contribution >= 4 is 31.9 Å². The first-order valence-electron chi connectivity index (χ1n) is 6.44. The van der Waals surface area contributed by atoms with Crippen molar-refractivity contribution in [1.82, 2.24) is 10.3 Å². The van der Waals surface area contributed by atoms with Crippen LogP contribution in [0, 0.1) is 5.82 Å². The van der Waals surface area contributed by atoms with Gasteiger partial charge in [0.25, 0.3) is 0 Å². The fourth-order valence-corrected chi connectivity index (χ4v) is 3.29. The first kappa shape index (κ1) is 16.4. The summed E-state index contributed by atoms with van der Waals surface area (Å²) in [7, 11) is 1.45. The van der Waals surface area contributed by atoms with Crippen molar-refractivity contribution in [2.75, 3.05) is 13.7 Å². The maximum Gasteiger partial charge on any atom is 0.165 e. The van der Waals surface area contributed by atoms with Gasteiger partial charge in [0.2, 0.25) is 0 Å². The number of aromatic nitrogens is 1. The number of nitrogens with one attached hydrogen (secondary N) is 1. The molecule has 1 heterocycles. The summed E-state index contributed by atoms with van der Waals surface area (Å²) in [5.74, 6) is -0.150. The molecule has 0 fully saturated rings. The molecule has 0 aliphatic heterocycles. The van der Waals surface area contributed by atoms with Crippen LogP contribution in [0.5, 0.6) is 5.75 Å². The Kier molecular flexibility index (Phi) is 5.72. The van der Waals surface area contributed by atoms with Gasteiger partial charge in [0.1, 0.15) is 0 Å². The fraction of sp³-hybridized carbons (Fsp3) is 0.267. The Hall–Kier alpha value is -0.980. The van der Waals surface area contributed by atoms with Crippen LogP contribution in [0.4, 0.5) is 4.39 Å². The monoisotopic (exact) mass is 416 g/mol. The molecule has 1 N–H and O–H groups in total. The van der Waals surface area contributed by atoms with Crippen LogP contribution >= 0.6 is 31.9 Å². The van der Waals surface area contributed by atoms with Crippen LogP contribution in [-0.2, 0) is 0 Å². The van der Waals surface area contributed by atoms with Crippen LogP contribution in [-0.4, -0.2) is 18.6 Å². The van der Waals surface area contributed by atoms with Crippen molar-refractivity contribution in [2.45, 2.75) is 13.0 Å². The van der Waals surface area contributed by atoms with Crippen LogP contribution < -0.4 is 10.1 Å². The number of benzene rings is 1. The number of nitrogens with zero attached hydrogens (tertiary/aromatic N) is 1. The molecular weight excluding hydrogens is 403 g/mol. The molecule has 0 spiro atoms. The van der Waals surface area contributed by atoms with E-state index in [0.29, 0.717) is 0 Å². The molecule has 2 rings (SSSR count). The summed E-state index contributed by atoms with van der Waals surface area (Å²) in [6.45, 7) is 2.74. The van der Waals surface area contributed by atoms with Gasteiger partial charge < -0.3 is 10.1 Å². The minimum absolute atomic E-state index is 0.196. The first-order valence-corrected chi connectivity index (χ1v) is 8.03. The number of ether oxygens (including phenoxy) is 1. The molecule has 0 aliphatic carbocycles. The molecule has 112 valence electrons. The molecule has 0 bridgehead atoms. The number of hydrogen-bond donors (Lipinski definition) is 1. The minimum atomic E-state index is -0.383. The van der Waals surface area contributed by atoms with E-state index in [-0.39, 0.29) is 17.6 Å². The molecule has 0 saturated carbocycles. The Balaban J connectivity index is 2.45. The van der Waals surface area contributed by atoms with E-state index in [9.17, 15) is 4.39 Å². The number of halogens is 3. The van der Waals surface area contributed by atoms with Crippen LogP contribution in [0.3, 0.4) is 0 Å². The second-order valence-corrected chi connectivity index (χ2v) is 6.18. The van der Waals surface area contributed by atoms with Gasteiger partial charge >= 0.3 is 0 Å². The molecule has 0 amide bonds. The molecule has 0 saturated heterocycles. The predicted molar refractivity (Wildman–Crippen MR) is 88.1 cm³/mol. The lowest BCUT2D eigenvalue weighted by Crippen LogP contribution is -2.23. The second kappa shape index (κ2) is 7.33. The van der Waals surface area contributed by atoms with E-state index in [0.717, 1.165) is 26.7 Å². The molecule has 0 aliphatic rings. The summed E-state index contributed by atoms with van der Waals surface area (Å²) in [4.78, 5) is 4.44. The van der Waals surface area contributed by atoms with Crippen LogP contribution in [0.25, 0.3) is 0 Å². The zero-order valence-electron chi connectivity index (χ0n) is 11.7. The standard InChI is InChI=1S/C15H15Br2FN2O/c1-3-19-14(15-11(17)7-10(16)8-20-15)9-4-5-13(21-2)12(18)6-9/h4-8,14,19H,3H2,1-2H3. The zero-order chi connectivity index (χ0) is 15.4. The highest BCUT2D eigenvalue weighted by molar-refractivity contribution is 9.11. The van der Waals surface area contributed by atoms with Crippen molar-refractivity contribution in [3.63, 3.8) is 0 Å². The molecule has 1 atom stereocenters. The normalized spacial score (nSPS) is 12.2. The number of pyridine rings is 1. The number of rotatable bonds is 5. The van der Waals surface area contributed by atoms with E-state index in [1.54, 1.807) is 12.3 Å². The Labute approximate surface area is 140 Å². The molecule has 2 aromatic rings. The second-order valence-electron chi connectivity index (χ2n) is 4.41. The average Bonchev–Trinajstić information content (AvgIpc) is 2.45. The summed E-state index contributed by atoms with van der Waals surface area (Å²) < 4.78 is 20.6. The SMILES string of the molecule is CCNC(c1ccc(OC)c(F)c1)c1ncc(Br)cc1Br. The Bertz CT molecular complexity index is 637. The highest BCUT2D eigenvalue weighted by atomic mass is 79.9. The van der Waals surface area contributed by atoms with E-state index in [1.807, 2.05) is 19.1 Å². The smallest absolute Gasteiger partial charge is 0.165 e. The lowest BCUT2D eigenvalue weighted by atomic mass is 10.0. The minimum Gasteiger partial charge on any atom is -0.494 e. The first-order chi connectivity index (χ1) is 10.1. The molecule has 1 aromatic heterocycles. The summed E-state index contributed by atoms with van der Waals surface area (Å²) in [5.41, 5.74) is 1.61. The number of methoxy groups -OCH3 is 1. The zero-order valence-corrected chi connectivity index (χ0v) is 14.8. The van der Waals surface area contributed by atoms with Crippen LogP contribution in [0.1, 0.15) is 24.2 Å². The lowest BCUT2D eigenvalue weighted by Gasteiger charge is -2.20.